The van der Waals surface area contributed by atoms with Gasteiger partial charge in [0.25, 0.3) is 11.4 Å². The van der Waals surface area contributed by atoms with E-state index in [0.29, 0.717) is 12.0 Å². The number of rotatable bonds is 6. The molecule has 116 valence electrons. The maximum absolute atomic E-state index is 11.1. The minimum Gasteiger partial charge on any atom is -0.313 e. The monoisotopic (exact) mass is 295 g/mol. The molecule has 0 spiro atoms. The van der Waals surface area contributed by atoms with E-state index in [1.807, 2.05) is 6.92 Å². The van der Waals surface area contributed by atoms with Gasteiger partial charge >= 0.3 is 0 Å². The van der Waals surface area contributed by atoms with Gasteiger partial charge in [0.2, 0.25) is 0 Å². The van der Waals surface area contributed by atoms with E-state index < -0.39 is 9.85 Å². The number of benzene rings is 1. The van der Waals surface area contributed by atoms with E-state index in [1.54, 1.807) is 0 Å². The minimum absolute atomic E-state index is 0.0441. The van der Waals surface area contributed by atoms with Crippen molar-refractivity contribution in [2.45, 2.75) is 40.2 Å². The van der Waals surface area contributed by atoms with Gasteiger partial charge in [-0.1, -0.05) is 27.7 Å². The van der Waals surface area contributed by atoms with Crippen molar-refractivity contribution in [3.05, 3.63) is 44.0 Å². The molecule has 0 aliphatic rings. The van der Waals surface area contributed by atoms with Crippen molar-refractivity contribution in [3.63, 3.8) is 0 Å². The highest BCUT2D eigenvalue weighted by Gasteiger charge is 2.28. The molecule has 1 aromatic rings. The van der Waals surface area contributed by atoms with Gasteiger partial charge in [0, 0.05) is 17.7 Å². The van der Waals surface area contributed by atoms with E-state index in [0.717, 1.165) is 12.6 Å². The molecule has 7 nitrogen and oxygen atoms in total. The second kappa shape index (κ2) is 6.62. The molecule has 0 radical (unpaired) electrons. The number of likely N-dealkylation sites (N-methyl/N-ethyl adjacent to an activating group) is 1. The van der Waals surface area contributed by atoms with Gasteiger partial charge in [-0.2, -0.15) is 0 Å². The molecular weight excluding hydrogens is 274 g/mol. The first kappa shape index (κ1) is 17.0. The number of non-ortho nitro benzene ring substituents is 1. The average molecular weight is 295 g/mol. The Morgan fingerprint density at radius 2 is 1.81 bits per heavy atom. The molecule has 1 unspecified atom stereocenters. The summed E-state index contributed by atoms with van der Waals surface area (Å²) in [4.78, 5) is 20.7. The average Bonchev–Trinajstić information content (AvgIpc) is 2.36. The Balaban J connectivity index is 3.17. The number of nitro benzene ring substituents is 2. The molecule has 0 amide bonds. The van der Waals surface area contributed by atoms with Gasteiger partial charge in [-0.15, -0.1) is 0 Å². The van der Waals surface area contributed by atoms with Crippen LogP contribution in [0, 0.1) is 25.6 Å². The molecule has 0 saturated carbocycles. The van der Waals surface area contributed by atoms with Crippen LogP contribution >= 0.6 is 0 Å². The lowest BCUT2D eigenvalue weighted by atomic mass is 9.82. The molecule has 0 aliphatic heterocycles. The van der Waals surface area contributed by atoms with E-state index in [1.165, 1.54) is 12.1 Å². The summed E-state index contributed by atoms with van der Waals surface area (Å²) in [6, 6.07) is 3.86. The Morgan fingerprint density at radius 3 is 2.24 bits per heavy atom. The number of nitrogens with one attached hydrogen (secondary N) is 1. The van der Waals surface area contributed by atoms with Crippen molar-refractivity contribution < 1.29 is 9.85 Å². The fraction of sp³-hybridized carbons (Fsp3) is 0.571. The summed E-state index contributed by atoms with van der Waals surface area (Å²) < 4.78 is 0. The van der Waals surface area contributed by atoms with Gasteiger partial charge in [-0.3, -0.25) is 20.2 Å². The minimum atomic E-state index is -0.623. The lowest BCUT2D eigenvalue weighted by molar-refractivity contribution is -0.394. The molecule has 1 atom stereocenters. The van der Waals surface area contributed by atoms with Crippen LogP contribution in [0.3, 0.4) is 0 Å². The summed E-state index contributed by atoms with van der Waals surface area (Å²) in [5.74, 6) is 0. The Kier molecular flexibility index (Phi) is 5.37. The fourth-order valence-corrected chi connectivity index (χ4v) is 2.16. The highest BCUT2D eigenvalue weighted by Crippen LogP contribution is 2.29. The van der Waals surface area contributed by atoms with Crippen molar-refractivity contribution in [2.75, 3.05) is 6.54 Å². The first-order valence-corrected chi connectivity index (χ1v) is 6.82. The summed E-state index contributed by atoms with van der Waals surface area (Å²) in [6.07, 6.45) is 0.450. The van der Waals surface area contributed by atoms with Crippen molar-refractivity contribution in [1.29, 1.82) is 0 Å². The van der Waals surface area contributed by atoms with Gasteiger partial charge in [-0.25, -0.2) is 0 Å². The summed E-state index contributed by atoms with van der Waals surface area (Å²) >= 11 is 0. The molecule has 0 aliphatic carbocycles. The third-order valence-electron chi connectivity index (χ3n) is 3.40. The second-order valence-corrected chi connectivity index (χ2v) is 6.01. The van der Waals surface area contributed by atoms with Crippen LogP contribution in [0.1, 0.15) is 33.3 Å². The first-order chi connectivity index (χ1) is 9.66. The van der Waals surface area contributed by atoms with Crippen LogP contribution in [-0.4, -0.2) is 22.4 Å². The number of nitro groups is 2. The number of hydrogen-bond donors (Lipinski definition) is 1. The Bertz CT molecular complexity index is 538. The van der Waals surface area contributed by atoms with Gasteiger partial charge in [-0.05, 0) is 24.4 Å². The van der Waals surface area contributed by atoms with Crippen molar-refractivity contribution in [3.8, 4) is 0 Å². The Hall–Kier alpha value is -2.02. The largest absolute Gasteiger partial charge is 0.313 e. The fourth-order valence-electron chi connectivity index (χ4n) is 2.16. The lowest BCUT2D eigenvalue weighted by Crippen LogP contribution is -2.42. The van der Waals surface area contributed by atoms with Crippen LogP contribution in [-0.2, 0) is 6.42 Å². The summed E-state index contributed by atoms with van der Waals surface area (Å²) in [5, 5.41) is 25.2. The normalized spacial score (nSPS) is 13.0. The van der Waals surface area contributed by atoms with Crippen LogP contribution in [0.2, 0.25) is 0 Å². The molecule has 7 heteroatoms. The van der Waals surface area contributed by atoms with Crippen LogP contribution in [0.15, 0.2) is 18.2 Å². The molecule has 1 aromatic carbocycles. The second-order valence-electron chi connectivity index (χ2n) is 6.01. The van der Waals surface area contributed by atoms with E-state index in [2.05, 4.69) is 26.1 Å². The summed E-state index contributed by atoms with van der Waals surface area (Å²) in [5.41, 5.74) is -0.0323. The van der Waals surface area contributed by atoms with Crippen molar-refractivity contribution in [2.24, 2.45) is 5.41 Å². The van der Waals surface area contributed by atoms with Crippen LogP contribution in [0.4, 0.5) is 11.4 Å². The molecular formula is C14H21N3O4. The molecule has 1 rings (SSSR count). The lowest BCUT2D eigenvalue weighted by Gasteiger charge is -2.31. The molecule has 0 bridgehead atoms. The third kappa shape index (κ3) is 4.49. The highest BCUT2D eigenvalue weighted by atomic mass is 16.6. The standard InChI is InChI=1S/C14H21N3O4/c1-5-15-13(14(2,3)4)8-10-6-7-11(16(18)19)9-12(10)17(20)21/h6-7,9,13,15H,5,8H2,1-4H3. The maximum Gasteiger partial charge on any atom is 0.279 e. The molecule has 0 heterocycles. The third-order valence-corrected chi connectivity index (χ3v) is 3.40. The predicted molar refractivity (Wildman–Crippen MR) is 80.4 cm³/mol. The maximum atomic E-state index is 11.1. The van der Waals surface area contributed by atoms with E-state index >= 15 is 0 Å². The van der Waals surface area contributed by atoms with Crippen LogP contribution in [0.25, 0.3) is 0 Å². The zero-order valence-corrected chi connectivity index (χ0v) is 12.8. The first-order valence-electron chi connectivity index (χ1n) is 6.82. The number of hydrogen-bond acceptors (Lipinski definition) is 5. The van der Waals surface area contributed by atoms with Gasteiger partial charge in [0.1, 0.15) is 0 Å². The molecule has 1 N–H and O–H groups in total. The SMILES string of the molecule is CCNC(Cc1ccc([N+](=O)[O-])cc1[N+](=O)[O-])C(C)(C)C. The van der Waals surface area contributed by atoms with Crippen molar-refractivity contribution >= 4 is 11.4 Å². The Morgan fingerprint density at radius 1 is 1.19 bits per heavy atom. The topological polar surface area (TPSA) is 98.3 Å². The van der Waals surface area contributed by atoms with Gasteiger partial charge < -0.3 is 5.32 Å². The van der Waals surface area contributed by atoms with Crippen molar-refractivity contribution in [1.82, 2.24) is 5.32 Å². The zero-order valence-electron chi connectivity index (χ0n) is 12.8. The highest BCUT2D eigenvalue weighted by molar-refractivity contribution is 5.49. The van der Waals surface area contributed by atoms with Crippen LogP contribution in [0.5, 0.6) is 0 Å². The Labute approximate surface area is 123 Å². The number of nitrogens with zero attached hydrogens (tertiary/aromatic N) is 2. The molecule has 21 heavy (non-hydrogen) atoms. The van der Waals surface area contributed by atoms with Gasteiger partial charge in [0.05, 0.1) is 15.9 Å². The van der Waals surface area contributed by atoms with E-state index in [4.69, 9.17) is 0 Å². The molecule has 0 fully saturated rings. The van der Waals surface area contributed by atoms with Gasteiger partial charge in [0.15, 0.2) is 0 Å². The smallest absolute Gasteiger partial charge is 0.279 e. The predicted octanol–water partition coefficient (Wildman–Crippen LogP) is 3.07. The van der Waals surface area contributed by atoms with Crippen LogP contribution < -0.4 is 5.32 Å². The molecule has 0 saturated heterocycles. The van der Waals surface area contributed by atoms with E-state index in [9.17, 15) is 20.2 Å². The summed E-state index contributed by atoms with van der Waals surface area (Å²) in [7, 11) is 0. The quantitative estimate of drug-likeness (QED) is 0.642. The summed E-state index contributed by atoms with van der Waals surface area (Å²) in [6.45, 7) is 8.89. The zero-order chi connectivity index (χ0) is 16.2. The van der Waals surface area contributed by atoms with E-state index in [-0.39, 0.29) is 22.8 Å². The molecule has 0 aromatic heterocycles.